The highest BCUT2D eigenvalue weighted by Gasteiger charge is 2.02. The fourth-order valence-corrected chi connectivity index (χ4v) is 1.46. The monoisotopic (exact) mass is 265 g/mol. The summed E-state index contributed by atoms with van der Waals surface area (Å²) in [6.45, 7) is 7.76. The van der Waals surface area contributed by atoms with Gasteiger partial charge in [0.25, 0.3) is 0 Å². The van der Waals surface area contributed by atoms with Gasteiger partial charge in [-0.2, -0.15) is 0 Å². The number of aromatic nitrogens is 1. The molecule has 0 saturated carbocycles. The molecule has 0 aromatic carbocycles. The van der Waals surface area contributed by atoms with Crippen molar-refractivity contribution in [3.05, 3.63) is 18.3 Å². The van der Waals surface area contributed by atoms with Crippen molar-refractivity contribution in [1.29, 1.82) is 0 Å². The number of hydrogen-bond donors (Lipinski definition) is 2. The fourth-order valence-electron chi connectivity index (χ4n) is 1.46. The van der Waals surface area contributed by atoms with E-state index in [1.807, 2.05) is 13.0 Å². The minimum atomic E-state index is -0.00506. The summed E-state index contributed by atoms with van der Waals surface area (Å²) in [5.41, 5.74) is 0.808. The maximum Gasteiger partial charge on any atom is 0.239 e. The van der Waals surface area contributed by atoms with Crippen LogP contribution in [0.3, 0.4) is 0 Å². The van der Waals surface area contributed by atoms with Gasteiger partial charge in [-0.05, 0) is 25.3 Å². The van der Waals surface area contributed by atoms with Crippen molar-refractivity contribution < 1.29 is 9.53 Å². The Hall–Kier alpha value is -1.78. The molecule has 106 valence electrons. The average molecular weight is 265 g/mol. The second kappa shape index (κ2) is 8.34. The van der Waals surface area contributed by atoms with Crippen molar-refractivity contribution in [3.63, 3.8) is 0 Å². The molecule has 0 fully saturated rings. The zero-order chi connectivity index (χ0) is 14.1. The van der Waals surface area contributed by atoms with Gasteiger partial charge in [0, 0.05) is 12.6 Å². The van der Waals surface area contributed by atoms with Gasteiger partial charge in [0.05, 0.1) is 25.0 Å². The van der Waals surface area contributed by atoms with Gasteiger partial charge in [0.1, 0.15) is 0 Å². The van der Waals surface area contributed by atoms with E-state index in [1.54, 1.807) is 12.3 Å². The topological polar surface area (TPSA) is 63.2 Å². The molecule has 0 bridgehead atoms. The molecule has 1 aromatic heterocycles. The third-order valence-electron chi connectivity index (χ3n) is 2.53. The predicted molar refractivity (Wildman–Crippen MR) is 76.4 cm³/mol. The van der Waals surface area contributed by atoms with E-state index in [0.717, 1.165) is 18.7 Å². The van der Waals surface area contributed by atoms with Gasteiger partial charge in [-0.1, -0.05) is 13.8 Å². The molecule has 5 heteroatoms. The lowest BCUT2D eigenvalue weighted by Crippen LogP contribution is -2.31. The smallest absolute Gasteiger partial charge is 0.239 e. The normalized spacial score (nSPS) is 10.3. The molecule has 19 heavy (non-hydrogen) atoms. The van der Waals surface area contributed by atoms with Crippen LogP contribution in [-0.2, 0) is 4.79 Å². The number of carbonyl (C=O) groups excluding carboxylic acids is 1. The number of anilines is 1. The lowest BCUT2D eigenvalue weighted by molar-refractivity contribution is -0.119. The van der Waals surface area contributed by atoms with E-state index in [0.29, 0.717) is 18.4 Å². The van der Waals surface area contributed by atoms with Gasteiger partial charge in [-0.25, -0.2) is 4.98 Å². The van der Waals surface area contributed by atoms with Crippen LogP contribution in [0.4, 0.5) is 5.69 Å². The molecular weight excluding hydrogens is 242 g/mol. The summed E-state index contributed by atoms with van der Waals surface area (Å²) in [4.78, 5) is 15.7. The van der Waals surface area contributed by atoms with Gasteiger partial charge in [0.15, 0.2) is 0 Å². The molecule has 0 aliphatic heterocycles. The van der Waals surface area contributed by atoms with Crippen molar-refractivity contribution in [2.75, 3.05) is 25.0 Å². The summed E-state index contributed by atoms with van der Waals surface area (Å²) in [5, 5.41) is 5.89. The molecule has 1 aromatic rings. The SMILES string of the molecule is CCOc1ccc(NCC(=O)NCCC(C)C)cn1. The van der Waals surface area contributed by atoms with Crippen LogP contribution < -0.4 is 15.4 Å². The molecule has 1 amide bonds. The Morgan fingerprint density at radius 2 is 2.21 bits per heavy atom. The molecular formula is C14H23N3O2. The minimum absolute atomic E-state index is 0.00506. The Morgan fingerprint density at radius 3 is 2.79 bits per heavy atom. The first-order valence-corrected chi connectivity index (χ1v) is 6.71. The summed E-state index contributed by atoms with van der Waals surface area (Å²) in [7, 11) is 0. The van der Waals surface area contributed by atoms with Crippen LogP contribution >= 0.6 is 0 Å². The lowest BCUT2D eigenvalue weighted by Gasteiger charge is -2.09. The number of ether oxygens (including phenoxy) is 1. The van der Waals surface area contributed by atoms with Crippen molar-refractivity contribution in [3.8, 4) is 5.88 Å². The molecule has 0 atom stereocenters. The highest BCUT2D eigenvalue weighted by Crippen LogP contribution is 2.10. The van der Waals surface area contributed by atoms with E-state index in [4.69, 9.17) is 4.74 Å². The van der Waals surface area contributed by atoms with Gasteiger partial charge in [0.2, 0.25) is 11.8 Å². The molecule has 2 N–H and O–H groups in total. The zero-order valence-electron chi connectivity index (χ0n) is 11.9. The molecule has 0 aliphatic carbocycles. The van der Waals surface area contributed by atoms with E-state index in [1.165, 1.54) is 0 Å². The standard InChI is InChI=1S/C14H23N3O2/c1-4-19-14-6-5-12(9-17-14)16-10-13(18)15-8-7-11(2)3/h5-6,9,11,16H,4,7-8,10H2,1-3H3,(H,15,18). The van der Waals surface area contributed by atoms with Crippen LogP contribution in [0.1, 0.15) is 27.2 Å². The summed E-state index contributed by atoms with van der Waals surface area (Å²) in [6.07, 6.45) is 2.66. The van der Waals surface area contributed by atoms with Crippen molar-refractivity contribution >= 4 is 11.6 Å². The van der Waals surface area contributed by atoms with Gasteiger partial charge in [-0.15, -0.1) is 0 Å². The lowest BCUT2D eigenvalue weighted by atomic mass is 10.1. The van der Waals surface area contributed by atoms with Crippen LogP contribution in [0.25, 0.3) is 0 Å². The number of pyridine rings is 1. The third-order valence-corrected chi connectivity index (χ3v) is 2.53. The first-order valence-electron chi connectivity index (χ1n) is 6.71. The van der Waals surface area contributed by atoms with Gasteiger partial charge < -0.3 is 15.4 Å². The summed E-state index contributed by atoms with van der Waals surface area (Å²) in [5.74, 6) is 1.19. The molecule has 0 aliphatic rings. The van der Waals surface area contributed by atoms with Crippen molar-refractivity contribution in [1.82, 2.24) is 10.3 Å². The van der Waals surface area contributed by atoms with Crippen molar-refractivity contribution in [2.24, 2.45) is 5.92 Å². The van der Waals surface area contributed by atoms with Crippen LogP contribution in [0.15, 0.2) is 18.3 Å². The molecule has 0 saturated heterocycles. The van der Waals surface area contributed by atoms with Crippen LogP contribution in [0.2, 0.25) is 0 Å². The Labute approximate surface area is 114 Å². The number of nitrogens with zero attached hydrogens (tertiary/aromatic N) is 1. The Morgan fingerprint density at radius 1 is 1.42 bits per heavy atom. The Balaban J connectivity index is 2.25. The summed E-state index contributed by atoms with van der Waals surface area (Å²) < 4.78 is 5.24. The molecule has 5 nitrogen and oxygen atoms in total. The number of nitrogens with one attached hydrogen (secondary N) is 2. The molecule has 0 spiro atoms. The van der Waals surface area contributed by atoms with Crippen LogP contribution in [0, 0.1) is 5.92 Å². The second-order valence-corrected chi connectivity index (χ2v) is 4.70. The largest absolute Gasteiger partial charge is 0.478 e. The predicted octanol–water partition coefficient (Wildman–Crippen LogP) is 2.05. The van der Waals surface area contributed by atoms with Crippen LogP contribution in [0.5, 0.6) is 5.88 Å². The highest BCUT2D eigenvalue weighted by atomic mass is 16.5. The summed E-state index contributed by atoms with van der Waals surface area (Å²) in [6, 6.07) is 3.63. The molecule has 0 radical (unpaired) electrons. The second-order valence-electron chi connectivity index (χ2n) is 4.70. The third kappa shape index (κ3) is 6.64. The molecule has 1 heterocycles. The average Bonchev–Trinajstić information content (AvgIpc) is 2.38. The van der Waals surface area contributed by atoms with Crippen molar-refractivity contribution in [2.45, 2.75) is 27.2 Å². The van der Waals surface area contributed by atoms with E-state index in [2.05, 4.69) is 29.5 Å². The molecule has 1 rings (SSSR count). The maximum atomic E-state index is 11.5. The first-order chi connectivity index (χ1) is 9.11. The maximum absolute atomic E-state index is 11.5. The first kappa shape index (κ1) is 15.3. The van der Waals surface area contributed by atoms with Gasteiger partial charge in [-0.3, -0.25) is 4.79 Å². The highest BCUT2D eigenvalue weighted by molar-refractivity contribution is 5.80. The number of rotatable bonds is 8. The minimum Gasteiger partial charge on any atom is -0.478 e. The van der Waals surface area contributed by atoms with Crippen LogP contribution in [-0.4, -0.2) is 30.6 Å². The van der Waals surface area contributed by atoms with E-state index < -0.39 is 0 Å². The fraction of sp³-hybridized carbons (Fsp3) is 0.571. The van der Waals surface area contributed by atoms with E-state index in [-0.39, 0.29) is 12.5 Å². The molecule has 0 unspecified atom stereocenters. The van der Waals surface area contributed by atoms with Gasteiger partial charge >= 0.3 is 0 Å². The number of hydrogen-bond acceptors (Lipinski definition) is 4. The Kier molecular flexibility index (Phi) is 6.71. The number of amides is 1. The van der Waals surface area contributed by atoms with E-state index in [9.17, 15) is 4.79 Å². The quantitative estimate of drug-likeness (QED) is 0.755. The summed E-state index contributed by atoms with van der Waals surface area (Å²) >= 11 is 0. The Bertz CT molecular complexity index is 377. The number of carbonyl (C=O) groups is 1. The van der Waals surface area contributed by atoms with E-state index >= 15 is 0 Å². The zero-order valence-corrected chi connectivity index (χ0v) is 11.9.